The lowest BCUT2D eigenvalue weighted by molar-refractivity contribution is 0.667. The maximum Gasteiger partial charge on any atom is 0.238 e. The maximum atomic E-state index is 6.83. The first-order chi connectivity index (χ1) is 24.3. The highest BCUT2D eigenvalue weighted by Gasteiger charge is 2.27. The zero-order chi connectivity index (χ0) is 32.1. The van der Waals surface area contributed by atoms with Crippen LogP contribution in [0, 0.1) is 0 Å². The van der Waals surface area contributed by atoms with E-state index in [4.69, 9.17) is 28.8 Å². The van der Waals surface area contributed by atoms with Gasteiger partial charge in [0, 0.05) is 43.4 Å². The van der Waals surface area contributed by atoms with Crippen molar-refractivity contribution in [1.29, 1.82) is 0 Å². The second-order valence-electron chi connectivity index (χ2n) is 12.2. The van der Waals surface area contributed by atoms with Gasteiger partial charge < -0.3 is 8.83 Å². The van der Waals surface area contributed by atoms with E-state index in [1.807, 2.05) is 103 Å². The van der Waals surface area contributed by atoms with Crippen molar-refractivity contribution in [3.8, 4) is 28.7 Å². The van der Waals surface area contributed by atoms with Crippen LogP contribution in [-0.4, -0.2) is 24.5 Å². The summed E-state index contributed by atoms with van der Waals surface area (Å²) >= 11 is 0. The molecule has 0 amide bonds. The first-order valence-corrected chi connectivity index (χ1v) is 16.2. The van der Waals surface area contributed by atoms with Gasteiger partial charge in [0.1, 0.15) is 16.7 Å². The molecule has 0 aliphatic heterocycles. The molecule has 5 aromatic heterocycles. The van der Waals surface area contributed by atoms with E-state index in [9.17, 15) is 0 Å². The first-order valence-electron chi connectivity index (χ1n) is 16.2. The molecule has 49 heavy (non-hydrogen) atoms. The molecule has 0 fully saturated rings. The lowest BCUT2D eigenvalue weighted by Gasteiger charge is -2.12. The number of para-hydroxylation sites is 3. The van der Waals surface area contributed by atoms with E-state index in [1.165, 1.54) is 0 Å². The van der Waals surface area contributed by atoms with E-state index < -0.39 is 0 Å². The molecular formula is C42H23N5O2. The largest absolute Gasteiger partial charge is 0.455 e. The van der Waals surface area contributed by atoms with E-state index in [-0.39, 0.29) is 0 Å². The summed E-state index contributed by atoms with van der Waals surface area (Å²) in [6.45, 7) is 0. The van der Waals surface area contributed by atoms with Crippen LogP contribution in [0.15, 0.2) is 148 Å². The molecule has 0 saturated carbocycles. The predicted molar refractivity (Wildman–Crippen MR) is 195 cm³/mol. The van der Waals surface area contributed by atoms with Gasteiger partial charge in [-0.2, -0.15) is 9.97 Å². The molecule has 5 heterocycles. The predicted octanol–water partition coefficient (Wildman–Crippen LogP) is 10.6. The lowest BCUT2D eigenvalue weighted by Crippen LogP contribution is -2.06. The Morgan fingerprint density at radius 2 is 1.02 bits per heavy atom. The molecule has 0 radical (unpaired) electrons. The van der Waals surface area contributed by atoms with Crippen molar-refractivity contribution in [2.75, 3.05) is 0 Å². The van der Waals surface area contributed by atoms with Crippen LogP contribution in [0.5, 0.6) is 0 Å². The van der Waals surface area contributed by atoms with Crippen LogP contribution < -0.4 is 0 Å². The Kier molecular flexibility index (Phi) is 5.26. The zero-order valence-electron chi connectivity index (χ0n) is 25.8. The Bertz CT molecular complexity index is 3050. The summed E-state index contributed by atoms with van der Waals surface area (Å²) in [6, 6.07) is 44.8. The molecule has 0 atom stereocenters. The van der Waals surface area contributed by atoms with Gasteiger partial charge in [0.15, 0.2) is 17.2 Å². The van der Waals surface area contributed by atoms with Crippen molar-refractivity contribution in [2.24, 2.45) is 0 Å². The fraction of sp³-hybridized carbons (Fsp3) is 0. The number of benzene rings is 6. The average Bonchev–Trinajstić information content (AvgIpc) is 3.85. The number of furan rings is 2. The fourth-order valence-corrected chi connectivity index (χ4v) is 7.41. The van der Waals surface area contributed by atoms with Gasteiger partial charge in [0.2, 0.25) is 5.95 Å². The van der Waals surface area contributed by atoms with Crippen molar-refractivity contribution in [3.05, 3.63) is 140 Å². The fourth-order valence-electron chi connectivity index (χ4n) is 7.41. The number of hydrogen-bond acceptors (Lipinski definition) is 6. The Morgan fingerprint density at radius 3 is 1.71 bits per heavy atom. The summed E-state index contributed by atoms with van der Waals surface area (Å²) in [4.78, 5) is 20.5. The van der Waals surface area contributed by atoms with Gasteiger partial charge in [-0.3, -0.25) is 9.55 Å². The summed E-state index contributed by atoms with van der Waals surface area (Å²) in [6.07, 6.45) is 1.84. The van der Waals surface area contributed by atoms with Crippen LogP contribution in [0.4, 0.5) is 0 Å². The number of aromatic nitrogens is 5. The SMILES string of the molecule is c1ccc(-c2nc(-c3ccccc3)nc(-n3c4ccccc4c4c5oc6ccccc6c5c5c(ncc6oc7ccccc7c65)c43)n2)cc1. The second-order valence-corrected chi connectivity index (χ2v) is 12.2. The highest BCUT2D eigenvalue weighted by Crippen LogP contribution is 2.48. The topological polar surface area (TPSA) is 82.8 Å². The minimum atomic E-state index is 0.495. The van der Waals surface area contributed by atoms with Crippen molar-refractivity contribution in [1.82, 2.24) is 24.5 Å². The number of fused-ring (bicyclic) bond motifs is 14. The standard InChI is InChI=1S/C42H23N5O2/c1-3-13-24(14-4-1)40-44-41(25-15-5-2-6-16-25)46-42(45-40)47-29-20-10-7-17-26(29)35-38(47)37-36(34-28-19-9-12-22-31(28)49-39(34)35)33-27-18-8-11-21-30(27)48-32(33)23-43-37/h1-23H. The van der Waals surface area contributed by atoms with Gasteiger partial charge >= 0.3 is 0 Å². The summed E-state index contributed by atoms with van der Waals surface area (Å²) in [5.74, 6) is 1.66. The summed E-state index contributed by atoms with van der Waals surface area (Å²) in [5.41, 5.74) is 7.55. The normalized spacial score (nSPS) is 12.1. The minimum Gasteiger partial charge on any atom is -0.455 e. The van der Waals surface area contributed by atoms with Gasteiger partial charge in [-0.1, -0.05) is 115 Å². The van der Waals surface area contributed by atoms with Crippen LogP contribution in [-0.2, 0) is 0 Å². The number of pyridine rings is 1. The molecule has 0 bridgehead atoms. The Morgan fingerprint density at radius 1 is 0.449 bits per heavy atom. The van der Waals surface area contributed by atoms with Gasteiger partial charge in [-0.25, -0.2) is 4.98 Å². The summed E-state index contributed by atoms with van der Waals surface area (Å²) < 4.78 is 15.3. The average molecular weight is 630 g/mol. The Labute approximate surface area is 277 Å². The molecule has 11 rings (SSSR count). The second kappa shape index (κ2) is 9.82. The lowest BCUT2D eigenvalue weighted by atomic mass is 9.99. The third-order valence-electron chi connectivity index (χ3n) is 9.48. The van der Waals surface area contributed by atoms with E-state index in [2.05, 4.69) is 41.0 Å². The quantitative estimate of drug-likeness (QED) is 0.193. The van der Waals surface area contributed by atoms with E-state index in [0.717, 1.165) is 87.7 Å². The molecule has 11 aromatic rings. The van der Waals surface area contributed by atoms with Crippen LogP contribution in [0.1, 0.15) is 0 Å². The minimum absolute atomic E-state index is 0.495. The first kappa shape index (κ1) is 26.2. The van der Waals surface area contributed by atoms with Gasteiger partial charge in [0.05, 0.1) is 28.1 Å². The molecule has 0 N–H and O–H groups in total. The highest BCUT2D eigenvalue weighted by atomic mass is 16.3. The van der Waals surface area contributed by atoms with Gasteiger partial charge in [-0.15, -0.1) is 0 Å². The van der Waals surface area contributed by atoms with Gasteiger partial charge in [-0.05, 0) is 18.2 Å². The van der Waals surface area contributed by atoms with E-state index >= 15 is 0 Å². The molecule has 0 aliphatic rings. The molecule has 0 unspecified atom stereocenters. The zero-order valence-corrected chi connectivity index (χ0v) is 25.8. The maximum absolute atomic E-state index is 6.83. The van der Waals surface area contributed by atoms with Gasteiger partial charge in [0.25, 0.3) is 0 Å². The monoisotopic (exact) mass is 629 g/mol. The van der Waals surface area contributed by atoms with Crippen LogP contribution in [0.2, 0.25) is 0 Å². The number of nitrogens with zero attached hydrogens (tertiary/aromatic N) is 5. The van der Waals surface area contributed by atoms with Crippen molar-refractivity contribution in [3.63, 3.8) is 0 Å². The molecule has 228 valence electrons. The molecule has 7 nitrogen and oxygen atoms in total. The smallest absolute Gasteiger partial charge is 0.238 e. The van der Waals surface area contributed by atoms with Crippen molar-refractivity contribution in [2.45, 2.75) is 0 Å². The summed E-state index contributed by atoms with van der Waals surface area (Å²) in [5, 5.41) is 7.01. The molecular weight excluding hydrogens is 606 g/mol. The molecule has 6 aromatic carbocycles. The van der Waals surface area contributed by atoms with Crippen LogP contribution >= 0.6 is 0 Å². The third-order valence-corrected chi connectivity index (χ3v) is 9.48. The molecule has 0 saturated heterocycles. The highest BCUT2D eigenvalue weighted by molar-refractivity contribution is 6.39. The molecule has 0 aliphatic carbocycles. The van der Waals surface area contributed by atoms with E-state index in [0.29, 0.717) is 17.6 Å². The van der Waals surface area contributed by atoms with E-state index in [1.54, 1.807) is 0 Å². The molecule has 0 spiro atoms. The van der Waals surface area contributed by atoms with Crippen LogP contribution in [0.25, 0.3) is 105 Å². The van der Waals surface area contributed by atoms with Crippen LogP contribution in [0.3, 0.4) is 0 Å². The van der Waals surface area contributed by atoms with Crippen molar-refractivity contribution >= 4 is 76.6 Å². The Hall–Kier alpha value is -6.86. The molecule has 7 heteroatoms. The Balaban J connectivity index is 1.39. The number of hydrogen-bond donors (Lipinski definition) is 0. The summed E-state index contributed by atoms with van der Waals surface area (Å²) in [7, 11) is 0. The number of rotatable bonds is 3. The third kappa shape index (κ3) is 3.66. The van der Waals surface area contributed by atoms with Crippen molar-refractivity contribution < 1.29 is 8.83 Å².